The molecule has 0 aromatic rings. The first-order valence-corrected chi connectivity index (χ1v) is 5.83. The first kappa shape index (κ1) is 12.9. The predicted octanol–water partition coefficient (Wildman–Crippen LogP) is 0.0129. The second-order valence-electron chi connectivity index (χ2n) is 4.60. The van der Waals surface area contributed by atoms with Crippen molar-refractivity contribution in [3.8, 4) is 0 Å². The molecule has 1 fully saturated rings. The van der Waals surface area contributed by atoms with E-state index < -0.39 is 5.54 Å². The van der Waals surface area contributed by atoms with Crippen molar-refractivity contribution < 1.29 is 15.3 Å². The minimum atomic E-state index is -0.549. The van der Waals surface area contributed by atoms with Crippen LogP contribution in [0.3, 0.4) is 0 Å². The van der Waals surface area contributed by atoms with Gasteiger partial charge < -0.3 is 20.6 Å². The lowest BCUT2D eigenvalue weighted by Crippen LogP contribution is -2.56. The van der Waals surface area contributed by atoms with E-state index in [4.69, 9.17) is 0 Å². The maximum absolute atomic E-state index is 9.37. The Bertz CT molecular complexity index is 166. The van der Waals surface area contributed by atoms with Gasteiger partial charge in [0.1, 0.15) is 0 Å². The van der Waals surface area contributed by atoms with Crippen molar-refractivity contribution >= 4 is 0 Å². The van der Waals surface area contributed by atoms with Crippen LogP contribution in [0, 0.1) is 0 Å². The normalized spacial score (nSPS) is 28.0. The lowest BCUT2D eigenvalue weighted by Gasteiger charge is -2.37. The Balaban J connectivity index is 2.44. The molecule has 4 nitrogen and oxygen atoms in total. The molecule has 0 heterocycles. The van der Waals surface area contributed by atoms with E-state index in [2.05, 4.69) is 5.32 Å². The molecule has 0 radical (unpaired) electrons. The molecule has 0 aromatic heterocycles. The maximum atomic E-state index is 9.37. The van der Waals surface area contributed by atoms with Crippen molar-refractivity contribution in [2.75, 3.05) is 13.2 Å². The smallest absolute Gasteiger partial charge is 0.0647 e. The first-order chi connectivity index (χ1) is 7.15. The molecule has 0 spiro atoms. The lowest BCUT2D eigenvalue weighted by molar-refractivity contribution is 0.0575. The Morgan fingerprint density at radius 1 is 1.13 bits per heavy atom. The molecule has 4 heteroatoms. The van der Waals surface area contributed by atoms with Crippen LogP contribution in [0.15, 0.2) is 0 Å². The average Bonchev–Trinajstić information content (AvgIpc) is 2.29. The van der Waals surface area contributed by atoms with Crippen molar-refractivity contribution in [2.24, 2.45) is 0 Å². The largest absolute Gasteiger partial charge is 0.394 e. The molecule has 0 amide bonds. The Hall–Kier alpha value is -0.160. The summed E-state index contributed by atoms with van der Waals surface area (Å²) in [5.74, 6) is 0. The molecule has 0 saturated heterocycles. The fraction of sp³-hybridized carbons (Fsp3) is 1.00. The van der Waals surface area contributed by atoms with Gasteiger partial charge in [-0.25, -0.2) is 0 Å². The summed E-state index contributed by atoms with van der Waals surface area (Å²) in [5.41, 5.74) is -0.549. The summed E-state index contributed by atoms with van der Waals surface area (Å²) >= 11 is 0. The fourth-order valence-electron chi connectivity index (χ4n) is 2.12. The standard InChI is InChI=1S/C11H23NO3/c1-2-11(7-13,8-14)12-9-3-5-10(15)6-4-9/h9-10,12-15H,2-8H2,1H3. The van der Waals surface area contributed by atoms with Gasteiger partial charge in [-0.2, -0.15) is 0 Å². The summed E-state index contributed by atoms with van der Waals surface area (Å²) in [7, 11) is 0. The number of nitrogens with one attached hydrogen (secondary N) is 1. The highest BCUT2D eigenvalue weighted by Crippen LogP contribution is 2.21. The summed E-state index contributed by atoms with van der Waals surface area (Å²) in [6.45, 7) is 1.87. The van der Waals surface area contributed by atoms with Crippen molar-refractivity contribution in [2.45, 2.75) is 56.7 Å². The van der Waals surface area contributed by atoms with Crippen molar-refractivity contribution in [1.82, 2.24) is 5.32 Å². The number of hydrogen-bond acceptors (Lipinski definition) is 4. The Kier molecular flexibility index (Phi) is 4.99. The van der Waals surface area contributed by atoms with E-state index in [0.29, 0.717) is 12.5 Å². The lowest BCUT2D eigenvalue weighted by atomic mass is 9.89. The van der Waals surface area contributed by atoms with E-state index in [1.54, 1.807) is 0 Å². The van der Waals surface area contributed by atoms with Crippen molar-refractivity contribution in [3.63, 3.8) is 0 Å². The molecule has 0 aromatic carbocycles. The number of rotatable bonds is 5. The van der Waals surface area contributed by atoms with Gasteiger partial charge >= 0.3 is 0 Å². The fourth-order valence-corrected chi connectivity index (χ4v) is 2.12. The monoisotopic (exact) mass is 217 g/mol. The quantitative estimate of drug-likeness (QED) is 0.523. The predicted molar refractivity (Wildman–Crippen MR) is 58.6 cm³/mol. The molecule has 0 aliphatic heterocycles. The van der Waals surface area contributed by atoms with Gasteiger partial charge in [0.2, 0.25) is 0 Å². The molecule has 0 bridgehead atoms. The minimum absolute atomic E-state index is 0.0426. The molecular formula is C11H23NO3. The molecule has 1 rings (SSSR count). The van der Waals surface area contributed by atoms with Gasteiger partial charge in [0, 0.05) is 6.04 Å². The third kappa shape index (κ3) is 3.41. The van der Waals surface area contributed by atoms with Gasteiger partial charge in [0.15, 0.2) is 0 Å². The Morgan fingerprint density at radius 2 is 1.67 bits per heavy atom. The second-order valence-corrected chi connectivity index (χ2v) is 4.60. The zero-order valence-electron chi connectivity index (χ0n) is 9.45. The summed E-state index contributed by atoms with van der Waals surface area (Å²) in [6.07, 6.45) is 4.01. The van der Waals surface area contributed by atoms with Crippen LogP contribution in [0.25, 0.3) is 0 Å². The molecule has 1 saturated carbocycles. The van der Waals surface area contributed by atoms with Crippen LogP contribution < -0.4 is 5.32 Å². The van der Waals surface area contributed by atoms with Crippen LogP contribution >= 0.6 is 0 Å². The highest BCUT2D eigenvalue weighted by molar-refractivity contribution is 4.90. The van der Waals surface area contributed by atoms with Crippen molar-refractivity contribution in [3.05, 3.63) is 0 Å². The SMILES string of the molecule is CCC(CO)(CO)NC1CCC(O)CC1. The van der Waals surface area contributed by atoms with Crippen LogP contribution in [0.5, 0.6) is 0 Å². The van der Waals surface area contributed by atoms with Gasteiger partial charge in [-0.15, -0.1) is 0 Å². The van der Waals surface area contributed by atoms with E-state index in [-0.39, 0.29) is 19.3 Å². The molecule has 0 unspecified atom stereocenters. The van der Waals surface area contributed by atoms with Gasteiger partial charge in [-0.1, -0.05) is 6.92 Å². The molecule has 4 N–H and O–H groups in total. The Labute approximate surface area is 91.3 Å². The highest BCUT2D eigenvalue weighted by atomic mass is 16.3. The number of hydrogen-bond donors (Lipinski definition) is 4. The van der Waals surface area contributed by atoms with Crippen LogP contribution in [0.4, 0.5) is 0 Å². The van der Waals surface area contributed by atoms with E-state index >= 15 is 0 Å². The third-order valence-electron chi connectivity index (χ3n) is 3.49. The molecular weight excluding hydrogens is 194 g/mol. The van der Waals surface area contributed by atoms with E-state index in [1.165, 1.54) is 0 Å². The van der Waals surface area contributed by atoms with Crippen LogP contribution in [0.2, 0.25) is 0 Å². The van der Waals surface area contributed by atoms with E-state index in [1.807, 2.05) is 6.92 Å². The third-order valence-corrected chi connectivity index (χ3v) is 3.49. The van der Waals surface area contributed by atoms with Gasteiger partial charge in [0.05, 0.1) is 24.9 Å². The molecule has 1 aliphatic carbocycles. The topological polar surface area (TPSA) is 72.7 Å². The van der Waals surface area contributed by atoms with Gasteiger partial charge in [-0.05, 0) is 32.1 Å². The van der Waals surface area contributed by atoms with Gasteiger partial charge in [-0.3, -0.25) is 0 Å². The highest BCUT2D eigenvalue weighted by Gasteiger charge is 2.30. The van der Waals surface area contributed by atoms with E-state index in [0.717, 1.165) is 25.7 Å². The van der Waals surface area contributed by atoms with Crippen LogP contribution in [0.1, 0.15) is 39.0 Å². The molecule has 90 valence electrons. The van der Waals surface area contributed by atoms with Crippen LogP contribution in [-0.4, -0.2) is 46.2 Å². The minimum Gasteiger partial charge on any atom is -0.394 e. The first-order valence-electron chi connectivity index (χ1n) is 5.83. The summed E-state index contributed by atoms with van der Waals surface area (Å²) in [5, 5.41) is 31.3. The maximum Gasteiger partial charge on any atom is 0.0647 e. The molecule has 15 heavy (non-hydrogen) atoms. The number of aliphatic hydroxyl groups is 3. The number of aliphatic hydroxyl groups excluding tert-OH is 3. The average molecular weight is 217 g/mol. The summed E-state index contributed by atoms with van der Waals surface area (Å²) in [4.78, 5) is 0. The molecule has 1 aliphatic rings. The van der Waals surface area contributed by atoms with Crippen molar-refractivity contribution in [1.29, 1.82) is 0 Å². The second kappa shape index (κ2) is 5.80. The zero-order chi connectivity index (χ0) is 11.3. The zero-order valence-corrected chi connectivity index (χ0v) is 9.45. The summed E-state index contributed by atoms with van der Waals surface area (Å²) < 4.78 is 0. The van der Waals surface area contributed by atoms with E-state index in [9.17, 15) is 15.3 Å². The summed E-state index contributed by atoms with van der Waals surface area (Å²) in [6, 6.07) is 0.313. The Morgan fingerprint density at radius 3 is 2.07 bits per heavy atom. The van der Waals surface area contributed by atoms with Gasteiger partial charge in [0.25, 0.3) is 0 Å². The molecule has 0 atom stereocenters. The van der Waals surface area contributed by atoms with Crippen LogP contribution in [-0.2, 0) is 0 Å².